The number of benzene rings is 1. The second kappa shape index (κ2) is 3.00. The number of ether oxygens (including phenoxy) is 1. The number of halogens is 1. The first-order chi connectivity index (χ1) is 6.24. The number of hydrogen-bond acceptors (Lipinski definition) is 2. The molecule has 2 rings (SSSR count). The van der Waals surface area contributed by atoms with Crippen molar-refractivity contribution in [2.45, 2.75) is 18.4 Å². The van der Waals surface area contributed by atoms with Crippen LogP contribution in [0.1, 0.15) is 17.9 Å². The SMILES string of the molecule is COc1cccc(F)c1C1CC1N. The molecule has 70 valence electrons. The maximum atomic E-state index is 13.4. The Labute approximate surface area is 76.5 Å². The summed E-state index contributed by atoms with van der Waals surface area (Å²) in [5, 5.41) is 0. The molecule has 0 spiro atoms. The summed E-state index contributed by atoms with van der Waals surface area (Å²) in [6.45, 7) is 0. The molecule has 0 radical (unpaired) electrons. The minimum Gasteiger partial charge on any atom is -0.496 e. The van der Waals surface area contributed by atoms with Crippen LogP contribution < -0.4 is 10.5 Å². The molecule has 1 aromatic carbocycles. The molecule has 2 nitrogen and oxygen atoms in total. The van der Waals surface area contributed by atoms with Crippen molar-refractivity contribution < 1.29 is 9.13 Å². The molecule has 0 aromatic heterocycles. The molecule has 0 heterocycles. The third-order valence-electron chi connectivity index (χ3n) is 2.44. The second-order valence-electron chi connectivity index (χ2n) is 3.36. The number of rotatable bonds is 2. The van der Waals surface area contributed by atoms with Crippen molar-refractivity contribution in [3.8, 4) is 5.75 Å². The van der Waals surface area contributed by atoms with Crippen molar-refractivity contribution >= 4 is 0 Å². The fourth-order valence-corrected chi connectivity index (χ4v) is 1.60. The molecule has 0 bridgehead atoms. The van der Waals surface area contributed by atoms with E-state index in [-0.39, 0.29) is 17.8 Å². The Morgan fingerprint density at radius 3 is 2.77 bits per heavy atom. The summed E-state index contributed by atoms with van der Waals surface area (Å²) in [6, 6.07) is 4.96. The van der Waals surface area contributed by atoms with E-state index in [2.05, 4.69) is 0 Å². The molecule has 0 saturated heterocycles. The molecule has 1 aromatic rings. The zero-order chi connectivity index (χ0) is 9.42. The predicted octanol–water partition coefficient (Wildman–Crippen LogP) is 1.65. The van der Waals surface area contributed by atoms with Gasteiger partial charge in [0.15, 0.2) is 0 Å². The van der Waals surface area contributed by atoms with Crippen LogP contribution in [0.5, 0.6) is 5.75 Å². The van der Waals surface area contributed by atoms with Crippen molar-refractivity contribution in [1.82, 2.24) is 0 Å². The summed E-state index contributed by atoms with van der Waals surface area (Å²) in [7, 11) is 1.55. The van der Waals surface area contributed by atoms with Gasteiger partial charge in [-0.3, -0.25) is 0 Å². The number of nitrogens with two attached hydrogens (primary N) is 1. The molecule has 3 heteroatoms. The molecule has 0 aliphatic heterocycles. The first kappa shape index (κ1) is 8.51. The van der Waals surface area contributed by atoms with E-state index in [4.69, 9.17) is 10.5 Å². The van der Waals surface area contributed by atoms with Gasteiger partial charge in [0.05, 0.1) is 7.11 Å². The predicted molar refractivity (Wildman–Crippen MR) is 48.3 cm³/mol. The molecule has 1 aliphatic carbocycles. The fourth-order valence-electron chi connectivity index (χ4n) is 1.60. The highest BCUT2D eigenvalue weighted by molar-refractivity contribution is 5.41. The normalized spacial score (nSPS) is 25.8. The van der Waals surface area contributed by atoms with E-state index in [1.807, 2.05) is 0 Å². The van der Waals surface area contributed by atoms with E-state index in [0.29, 0.717) is 11.3 Å². The van der Waals surface area contributed by atoms with Crippen molar-refractivity contribution in [2.75, 3.05) is 7.11 Å². The minimum absolute atomic E-state index is 0.103. The van der Waals surface area contributed by atoms with Crippen LogP contribution in [0.3, 0.4) is 0 Å². The van der Waals surface area contributed by atoms with Gasteiger partial charge < -0.3 is 10.5 Å². The Hall–Kier alpha value is -1.09. The summed E-state index contributed by atoms with van der Waals surface area (Å²) in [6.07, 6.45) is 0.858. The van der Waals surface area contributed by atoms with Crippen LogP contribution in [0.2, 0.25) is 0 Å². The summed E-state index contributed by atoms with van der Waals surface area (Å²) in [4.78, 5) is 0. The summed E-state index contributed by atoms with van der Waals surface area (Å²) in [5.41, 5.74) is 6.31. The van der Waals surface area contributed by atoms with Gasteiger partial charge in [-0.2, -0.15) is 0 Å². The monoisotopic (exact) mass is 181 g/mol. The molecule has 1 aliphatic rings. The molecule has 1 saturated carbocycles. The molecular formula is C10H12FNO. The van der Waals surface area contributed by atoms with E-state index in [1.165, 1.54) is 6.07 Å². The maximum absolute atomic E-state index is 13.4. The van der Waals surface area contributed by atoms with Gasteiger partial charge in [0, 0.05) is 17.5 Å². The maximum Gasteiger partial charge on any atom is 0.130 e. The van der Waals surface area contributed by atoms with Gasteiger partial charge in [-0.15, -0.1) is 0 Å². The van der Waals surface area contributed by atoms with Gasteiger partial charge in [0.1, 0.15) is 11.6 Å². The highest BCUT2D eigenvalue weighted by Crippen LogP contribution is 2.44. The lowest BCUT2D eigenvalue weighted by atomic mass is 10.1. The Kier molecular flexibility index (Phi) is 1.96. The number of methoxy groups -OCH3 is 1. The van der Waals surface area contributed by atoms with E-state index < -0.39 is 0 Å². The van der Waals surface area contributed by atoms with Gasteiger partial charge in [-0.25, -0.2) is 4.39 Å². The van der Waals surface area contributed by atoms with Gasteiger partial charge >= 0.3 is 0 Å². The van der Waals surface area contributed by atoms with Crippen molar-refractivity contribution in [2.24, 2.45) is 5.73 Å². The summed E-state index contributed by atoms with van der Waals surface area (Å²) >= 11 is 0. The van der Waals surface area contributed by atoms with Crippen LogP contribution >= 0.6 is 0 Å². The standard InChI is InChI=1S/C10H12FNO/c1-13-9-4-2-3-7(11)10(9)6-5-8(6)12/h2-4,6,8H,5,12H2,1H3. The molecule has 2 atom stereocenters. The topological polar surface area (TPSA) is 35.2 Å². The molecule has 13 heavy (non-hydrogen) atoms. The van der Waals surface area contributed by atoms with Crippen molar-refractivity contribution in [3.05, 3.63) is 29.6 Å². The van der Waals surface area contributed by atoms with E-state index >= 15 is 0 Å². The van der Waals surface area contributed by atoms with Crippen LogP contribution in [-0.2, 0) is 0 Å². The quantitative estimate of drug-likeness (QED) is 0.752. The third kappa shape index (κ3) is 1.40. The smallest absolute Gasteiger partial charge is 0.130 e. The van der Waals surface area contributed by atoms with Crippen LogP contribution in [0, 0.1) is 5.82 Å². The van der Waals surface area contributed by atoms with Crippen molar-refractivity contribution in [3.63, 3.8) is 0 Å². The first-order valence-corrected chi connectivity index (χ1v) is 4.32. The largest absolute Gasteiger partial charge is 0.496 e. The van der Waals surface area contributed by atoms with Gasteiger partial charge in [0.2, 0.25) is 0 Å². The van der Waals surface area contributed by atoms with E-state index in [0.717, 1.165) is 6.42 Å². The highest BCUT2D eigenvalue weighted by atomic mass is 19.1. The Morgan fingerprint density at radius 2 is 2.23 bits per heavy atom. The summed E-state index contributed by atoms with van der Waals surface area (Å²) < 4.78 is 18.4. The highest BCUT2D eigenvalue weighted by Gasteiger charge is 2.38. The molecule has 0 amide bonds. The molecule has 2 unspecified atom stereocenters. The average molecular weight is 181 g/mol. The van der Waals surface area contributed by atoms with Gasteiger partial charge in [-0.1, -0.05) is 6.07 Å². The molecule has 2 N–H and O–H groups in total. The lowest BCUT2D eigenvalue weighted by Crippen LogP contribution is -2.03. The lowest BCUT2D eigenvalue weighted by Gasteiger charge is -2.07. The molecule has 1 fully saturated rings. The second-order valence-corrected chi connectivity index (χ2v) is 3.36. The first-order valence-electron chi connectivity index (χ1n) is 4.32. The van der Waals surface area contributed by atoms with E-state index in [1.54, 1.807) is 19.2 Å². The summed E-state index contributed by atoms with van der Waals surface area (Å²) in [5.74, 6) is 0.548. The van der Waals surface area contributed by atoms with Gasteiger partial charge in [-0.05, 0) is 18.6 Å². The zero-order valence-corrected chi connectivity index (χ0v) is 7.46. The van der Waals surface area contributed by atoms with Crippen LogP contribution in [0.25, 0.3) is 0 Å². The average Bonchev–Trinajstić information content (AvgIpc) is 2.82. The Morgan fingerprint density at radius 1 is 1.54 bits per heavy atom. The van der Waals surface area contributed by atoms with Crippen LogP contribution in [0.15, 0.2) is 18.2 Å². The Balaban J connectivity index is 2.41. The molecular weight excluding hydrogens is 169 g/mol. The Bertz CT molecular complexity index is 327. The zero-order valence-electron chi connectivity index (χ0n) is 7.46. The number of hydrogen-bond donors (Lipinski definition) is 1. The van der Waals surface area contributed by atoms with Crippen LogP contribution in [-0.4, -0.2) is 13.2 Å². The fraction of sp³-hybridized carbons (Fsp3) is 0.400. The van der Waals surface area contributed by atoms with E-state index in [9.17, 15) is 4.39 Å². The minimum atomic E-state index is -0.211. The van der Waals surface area contributed by atoms with Crippen LogP contribution in [0.4, 0.5) is 4.39 Å². The third-order valence-corrected chi connectivity index (χ3v) is 2.44. The van der Waals surface area contributed by atoms with Gasteiger partial charge in [0.25, 0.3) is 0 Å². The van der Waals surface area contributed by atoms with Crippen molar-refractivity contribution in [1.29, 1.82) is 0 Å². The lowest BCUT2D eigenvalue weighted by molar-refractivity contribution is 0.404.